The van der Waals surface area contributed by atoms with Crippen molar-refractivity contribution in [3.05, 3.63) is 47.6 Å². The maximum Gasteiger partial charge on any atom is 0.243 e. The molecule has 0 saturated heterocycles. The van der Waals surface area contributed by atoms with E-state index >= 15 is 0 Å². The minimum absolute atomic E-state index is 0.0722. The van der Waals surface area contributed by atoms with E-state index in [1.54, 1.807) is 0 Å². The van der Waals surface area contributed by atoms with Gasteiger partial charge in [-0.15, -0.1) is 0 Å². The second-order valence-corrected chi connectivity index (χ2v) is 3.99. The Balaban J connectivity index is 1.91. The largest absolute Gasteiger partial charge is 0.338 e. The fraction of sp³-hybridized carbons (Fsp3) is 0.385. The molecule has 0 spiro atoms. The summed E-state index contributed by atoms with van der Waals surface area (Å²) in [5, 5.41) is 7.24. The van der Waals surface area contributed by atoms with Crippen LogP contribution in [-0.4, -0.2) is 10.1 Å². The zero-order chi connectivity index (χ0) is 12.1. The number of nitrogens with zero attached hydrogens (tertiary/aromatic N) is 2. The molecular weight excluding hydrogens is 214 g/mol. The van der Waals surface area contributed by atoms with E-state index in [-0.39, 0.29) is 6.04 Å². The highest BCUT2D eigenvalue weighted by Crippen LogP contribution is 2.10. The summed E-state index contributed by atoms with van der Waals surface area (Å²) in [4.78, 5) is 4.30. The number of rotatable bonds is 5. The molecule has 0 aliphatic carbocycles. The van der Waals surface area contributed by atoms with E-state index in [2.05, 4.69) is 27.6 Å². The molecule has 4 nitrogen and oxygen atoms in total. The van der Waals surface area contributed by atoms with Crippen LogP contribution in [0.25, 0.3) is 0 Å². The Morgan fingerprint density at radius 2 is 2.06 bits per heavy atom. The van der Waals surface area contributed by atoms with Gasteiger partial charge < -0.3 is 9.84 Å². The molecule has 17 heavy (non-hydrogen) atoms. The van der Waals surface area contributed by atoms with Crippen LogP contribution in [0.5, 0.6) is 0 Å². The summed E-state index contributed by atoms with van der Waals surface area (Å²) < 4.78 is 5.18. The molecular formula is C13H17N3O. The van der Waals surface area contributed by atoms with Crippen molar-refractivity contribution in [1.82, 2.24) is 15.5 Å². The van der Waals surface area contributed by atoms with Crippen molar-refractivity contribution in [2.45, 2.75) is 32.9 Å². The third-order valence-electron chi connectivity index (χ3n) is 2.63. The summed E-state index contributed by atoms with van der Waals surface area (Å²) >= 11 is 0. The Morgan fingerprint density at radius 3 is 2.71 bits per heavy atom. The van der Waals surface area contributed by atoms with Crippen molar-refractivity contribution in [3.8, 4) is 0 Å². The molecule has 4 heteroatoms. The lowest BCUT2D eigenvalue weighted by atomic mass is 10.2. The third-order valence-corrected chi connectivity index (χ3v) is 2.63. The Labute approximate surface area is 101 Å². The van der Waals surface area contributed by atoms with Crippen molar-refractivity contribution in [3.63, 3.8) is 0 Å². The second kappa shape index (κ2) is 5.59. The van der Waals surface area contributed by atoms with Crippen molar-refractivity contribution < 1.29 is 4.52 Å². The smallest absolute Gasteiger partial charge is 0.243 e. The van der Waals surface area contributed by atoms with Gasteiger partial charge in [-0.1, -0.05) is 42.4 Å². The zero-order valence-electron chi connectivity index (χ0n) is 10.2. The van der Waals surface area contributed by atoms with Crippen LogP contribution in [0.2, 0.25) is 0 Å². The van der Waals surface area contributed by atoms with Gasteiger partial charge in [0.2, 0.25) is 5.89 Å². The summed E-state index contributed by atoms with van der Waals surface area (Å²) in [6.07, 6.45) is 0.801. The van der Waals surface area contributed by atoms with Crippen LogP contribution in [0.4, 0.5) is 0 Å². The SMILES string of the molecule is CCc1noc(C(C)NCc2ccccc2)n1. The molecule has 1 aromatic carbocycles. The molecule has 1 unspecified atom stereocenters. The molecule has 1 aromatic heterocycles. The van der Waals surface area contributed by atoms with Gasteiger partial charge in [-0.25, -0.2) is 0 Å². The van der Waals surface area contributed by atoms with Gasteiger partial charge in [-0.3, -0.25) is 0 Å². The molecule has 1 heterocycles. The van der Waals surface area contributed by atoms with Crippen LogP contribution < -0.4 is 5.32 Å². The van der Waals surface area contributed by atoms with Crippen molar-refractivity contribution in [2.24, 2.45) is 0 Å². The molecule has 0 aliphatic rings. The molecule has 0 fully saturated rings. The molecule has 1 atom stereocenters. The maximum absolute atomic E-state index is 5.18. The highest BCUT2D eigenvalue weighted by molar-refractivity contribution is 5.14. The third kappa shape index (κ3) is 3.14. The summed E-state index contributed by atoms with van der Waals surface area (Å²) in [5.41, 5.74) is 1.24. The Kier molecular flexibility index (Phi) is 3.88. The standard InChI is InChI=1S/C13H17N3O/c1-3-12-15-13(17-16-12)10(2)14-9-11-7-5-4-6-8-11/h4-8,10,14H,3,9H2,1-2H3. The highest BCUT2D eigenvalue weighted by Gasteiger charge is 2.12. The van der Waals surface area contributed by atoms with Crippen LogP contribution in [0.3, 0.4) is 0 Å². The van der Waals surface area contributed by atoms with E-state index in [9.17, 15) is 0 Å². The predicted molar refractivity (Wildman–Crippen MR) is 65.4 cm³/mol. The minimum Gasteiger partial charge on any atom is -0.338 e. The average Bonchev–Trinajstić information content (AvgIpc) is 2.86. The van der Waals surface area contributed by atoms with Gasteiger partial charge in [0.15, 0.2) is 5.82 Å². The van der Waals surface area contributed by atoms with Gasteiger partial charge in [0, 0.05) is 13.0 Å². The van der Waals surface area contributed by atoms with Gasteiger partial charge in [-0.2, -0.15) is 4.98 Å². The van der Waals surface area contributed by atoms with E-state index in [0.717, 1.165) is 18.8 Å². The fourth-order valence-corrected chi connectivity index (χ4v) is 1.54. The molecule has 2 aromatic rings. The van der Waals surface area contributed by atoms with E-state index < -0.39 is 0 Å². The van der Waals surface area contributed by atoms with Crippen LogP contribution in [-0.2, 0) is 13.0 Å². The first kappa shape index (κ1) is 11.8. The number of hydrogen-bond acceptors (Lipinski definition) is 4. The average molecular weight is 231 g/mol. The van der Waals surface area contributed by atoms with Crippen LogP contribution in [0.1, 0.15) is 37.2 Å². The Hall–Kier alpha value is -1.68. The normalized spacial score (nSPS) is 12.6. The van der Waals surface area contributed by atoms with E-state index in [0.29, 0.717) is 5.89 Å². The summed E-state index contributed by atoms with van der Waals surface area (Å²) in [5.74, 6) is 1.41. The number of benzene rings is 1. The molecule has 0 amide bonds. The van der Waals surface area contributed by atoms with Crippen molar-refractivity contribution in [1.29, 1.82) is 0 Å². The molecule has 1 N–H and O–H groups in total. The van der Waals surface area contributed by atoms with Gasteiger partial charge in [0.25, 0.3) is 0 Å². The molecule has 0 bridgehead atoms. The van der Waals surface area contributed by atoms with Gasteiger partial charge in [0.05, 0.1) is 6.04 Å². The lowest BCUT2D eigenvalue weighted by molar-refractivity contribution is 0.336. The zero-order valence-corrected chi connectivity index (χ0v) is 10.2. The minimum atomic E-state index is 0.0722. The molecule has 0 aliphatic heterocycles. The summed E-state index contributed by atoms with van der Waals surface area (Å²) in [7, 11) is 0. The van der Waals surface area contributed by atoms with Crippen LogP contribution in [0, 0.1) is 0 Å². The fourth-order valence-electron chi connectivity index (χ4n) is 1.54. The van der Waals surface area contributed by atoms with Crippen molar-refractivity contribution >= 4 is 0 Å². The number of nitrogens with one attached hydrogen (secondary N) is 1. The lowest BCUT2D eigenvalue weighted by Gasteiger charge is -2.09. The first-order valence-electron chi connectivity index (χ1n) is 5.89. The van der Waals surface area contributed by atoms with Crippen LogP contribution >= 0.6 is 0 Å². The Morgan fingerprint density at radius 1 is 1.29 bits per heavy atom. The second-order valence-electron chi connectivity index (χ2n) is 3.99. The van der Waals surface area contributed by atoms with Gasteiger partial charge in [0.1, 0.15) is 0 Å². The molecule has 0 radical (unpaired) electrons. The maximum atomic E-state index is 5.18. The van der Waals surface area contributed by atoms with Crippen molar-refractivity contribution in [2.75, 3.05) is 0 Å². The molecule has 0 saturated carbocycles. The Bertz CT molecular complexity index is 453. The predicted octanol–water partition coefficient (Wildman–Crippen LogP) is 2.48. The quantitative estimate of drug-likeness (QED) is 0.859. The topological polar surface area (TPSA) is 51.0 Å². The van der Waals surface area contributed by atoms with E-state index in [4.69, 9.17) is 4.52 Å². The van der Waals surface area contributed by atoms with Crippen LogP contribution in [0.15, 0.2) is 34.9 Å². The molecule has 90 valence electrons. The van der Waals surface area contributed by atoms with E-state index in [1.807, 2.05) is 32.0 Å². The van der Waals surface area contributed by atoms with E-state index in [1.165, 1.54) is 5.56 Å². The lowest BCUT2D eigenvalue weighted by Crippen LogP contribution is -2.18. The highest BCUT2D eigenvalue weighted by atomic mass is 16.5. The summed E-state index contributed by atoms with van der Waals surface area (Å²) in [6, 6.07) is 10.3. The first-order valence-corrected chi connectivity index (χ1v) is 5.89. The monoisotopic (exact) mass is 231 g/mol. The van der Waals surface area contributed by atoms with Gasteiger partial charge in [-0.05, 0) is 12.5 Å². The molecule has 2 rings (SSSR count). The number of aryl methyl sites for hydroxylation is 1. The first-order chi connectivity index (χ1) is 8.29. The summed E-state index contributed by atoms with van der Waals surface area (Å²) in [6.45, 7) is 4.83. The number of hydrogen-bond donors (Lipinski definition) is 1. The van der Waals surface area contributed by atoms with Gasteiger partial charge >= 0.3 is 0 Å². The number of aromatic nitrogens is 2.